The van der Waals surface area contributed by atoms with E-state index in [4.69, 9.17) is 14.7 Å². The molecule has 2 aliphatic heterocycles. The predicted molar refractivity (Wildman–Crippen MR) is 119 cm³/mol. The van der Waals surface area contributed by atoms with Crippen LogP contribution in [0.25, 0.3) is 0 Å². The maximum Gasteiger partial charge on any atom is 0.338 e. The number of methoxy groups -OCH3 is 1. The second-order valence-corrected chi connectivity index (χ2v) is 8.28. The molecule has 2 heterocycles. The van der Waals surface area contributed by atoms with Crippen molar-refractivity contribution in [1.82, 2.24) is 9.80 Å². The molecule has 172 valence electrons. The fourth-order valence-corrected chi connectivity index (χ4v) is 4.31. The fraction of sp³-hybridized carbons (Fsp3) is 0.400. The van der Waals surface area contributed by atoms with Crippen LogP contribution in [-0.4, -0.2) is 68.1 Å². The van der Waals surface area contributed by atoms with Crippen LogP contribution in [0.4, 0.5) is 4.39 Å². The molecule has 0 saturated carbocycles. The Morgan fingerprint density at radius 3 is 2.73 bits per heavy atom. The van der Waals surface area contributed by atoms with Crippen molar-refractivity contribution in [1.29, 1.82) is 5.26 Å². The van der Waals surface area contributed by atoms with Gasteiger partial charge in [-0.2, -0.15) is 5.26 Å². The third-order valence-electron chi connectivity index (χ3n) is 6.27. The average molecular weight is 451 g/mol. The van der Waals surface area contributed by atoms with Crippen LogP contribution in [0.5, 0.6) is 5.75 Å². The van der Waals surface area contributed by atoms with E-state index in [0.717, 1.165) is 44.1 Å². The number of carbonyl (C=O) groups excluding carboxylic acids is 2. The van der Waals surface area contributed by atoms with Gasteiger partial charge in [0.1, 0.15) is 17.6 Å². The molecule has 1 saturated heterocycles. The Hall–Kier alpha value is -3.44. The SMILES string of the molecule is COc1cc(CC(=O)N2CCN(CCc3ccc4c(c3)CCOC4=O)CC2)c(F)cc1C#N. The van der Waals surface area contributed by atoms with Crippen LogP contribution in [-0.2, 0) is 28.8 Å². The highest BCUT2D eigenvalue weighted by Crippen LogP contribution is 2.23. The summed E-state index contributed by atoms with van der Waals surface area (Å²) in [7, 11) is 1.41. The minimum atomic E-state index is -0.572. The highest BCUT2D eigenvalue weighted by Gasteiger charge is 2.23. The van der Waals surface area contributed by atoms with Crippen molar-refractivity contribution in [2.24, 2.45) is 0 Å². The van der Waals surface area contributed by atoms with Crippen molar-refractivity contribution in [3.63, 3.8) is 0 Å². The highest BCUT2D eigenvalue weighted by atomic mass is 19.1. The molecule has 8 heteroatoms. The van der Waals surface area contributed by atoms with Crippen LogP contribution in [0.2, 0.25) is 0 Å². The zero-order chi connectivity index (χ0) is 23.4. The van der Waals surface area contributed by atoms with Crippen LogP contribution in [0.3, 0.4) is 0 Å². The predicted octanol–water partition coefficient (Wildman–Crippen LogP) is 2.35. The summed E-state index contributed by atoms with van der Waals surface area (Å²) in [6.45, 7) is 3.98. The van der Waals surface area contributed by atoms with Gasteiger partial charge in [0.15, 0.2) is 0 Å². The number of piperazine rings is 1. The van der Waals surface area contributed by atoms with E-state index in [0.29, 0.717) is 25.3 Å². The summed E-state index contributed by atoms with van der Waals surface area (Å²) in [5.74, 6) is -0.687. The number of ether oxygens (including phenoxy) is 2. The summed E-state index contributed by atoms with van der Waals surface area (Å²) < 4.78 is 24.5. The number of amides is 1. The van der Waals surface area contributed by atoms with Gasteiger partial charge in [-0.3, -0.25) is 9.69 Å². The van der Waals surface area contributed by atoms with E-state index in [1.165, 1.54) is 18.7 Å². The summed E-state index contributed by atoms with van der Waals surface area (Å²) in [5, 5.41) is 9.06. The van der Waals surface area contributed by atoms with Crippen LogP contribution in [0.1, 0.15) is 32.6 Å². The van der Waals surface area contributed by atoms with Gasteiger partial charge in [-0.15, -0.1) is 0 Å². The maximum absolute atomic E-state index is 14.3. The van der Waals surface area contributed by atoms with E-state index < -0.39 is 5.82 Å². The summed E-state index contributed by atoms with van der Waals surface area (Å²) in [4.78, 5) is 28.6. The molecule has 0 spiro atoms. The zero-order valence-electron chi connectivity index (χ0n) is 18.6. The first-order valence-corrected chi connectivity index (χ1v) is 11.0. The lowest BCUT2D eigenvalue weighted by Gasteiger charge is -2.35. The molecule has 0 atom stereocenters. The second-order valence-electron chi connectivity index (χ2n) is 8.28. The molecule has 2 aromatic rings. The lowest BCUT2D eigenvalue weighted by molar-refractivity contribution is -0.132. The Balaban J connectivity index is 1.28. The maximum atomic E-state index is 14.3. The number of esters is 1. The standard InChI is InChI=1S/C25H26FN3O4/c1-32-23-14-19(22(26)13-20(23)16-27)15-24(30)29-9-7-28(8-10-29)6-4-17-2-3-21-18(12-17)5-11-33-25(21)31/h2-3,12-14H,4-11,15H2,1H3. The van der Waals surface area contributed by atoms with Gasteiger partial charge < -0.3 is 14.4 Å². The summed E-state index contributed by atoms with van der Waals surface area (Å²) in [6, 6.07) is 10.4. The molecule has 2 aliphatic rings. The van der Waals surface area contributed by atoms with Gasteiger partial charge >= 0.3 is 5.97 Å². The molecular weight excluding hydrogens is 425 g/mol. The van der Waals surface area contributed by atoms with Crippen LogP contribution < -0.4 is 4.74 Å². The summed E-state index contributed by atoms with van der Waals surface area (Å²) in [5.41, 5.74) is 3.24. The molecule has 0 aromatic heterocycles. The monoisotopic (exact) mass is 451 g/mol. The normalized spacial score (nSPS) is 16.0. The van der Waals surface area contributed by atoms with Gasteiger partial charge in [-0.25, -0.2) is 9.18 Å². The lowest BCUT2D eigenvalue weighted by atomic mass is 9.98. The molecule has 0 aliphatic carbocycles. The number of cyclic esters (lactones) is 1. The molecular formula is C25H26FN3O4. The quantitative estimate of drug-likeness (QED) is 0.627. The van der Waals surface area contributed by atoms with Gasteiger partial charge in [0.2, 0.25) is 5.91 Å². The van der Waals surface area contributed by atoms with Crippen molar-refractivity contribution in [3.05, 3.63) is 64.0 Å². The third-order valence-corrected chi connectivity index (χ3v) is 6.27. The largest absolute Gasteiger partial charge is 0.495 e. The van der Waals surface area contributed by atoms with E-state index in [-0.39, 0.29) is 35.2 Å². The van der Waals surface area contributed by atoms with E-state index in [2.05, 4.69) is 11.0 Å². The number of hydrogen-bond acceptors (Lipinski definition) is 6. The molecule has 0 bridgehead atoms. The topological polar surface area (TPSA) is 82.9 Å². The first-order chi connectivity index (χ1) is 16.0. The number of halogens is 1. The van der Waals surface area contributed by atoms with Crippen molar-refractivity contribution in [2.45, 2.75) is 19.3 Å². The number of carbonyl (C=O) groups is 2. The van der Waals surface area contributed by atoms with E-state index >= 15 is 0 Å². The van der Waals surface area contributed by atoms with Crippen molar-refractivity contribution < 1.29 is 23.5 Å². The molecule has 0 radical (unpaired) electrons. The van der Waals surface area contributed by atoms with Gasteiger partial charge in [0.05, 0.1) is 31.3 Å². The molecule has 7 nitrogen and oxygen atoms in total. The fourth-order valence-electron chi connectivity index (χ4n) is 4.31. The van der Waals surface area contributed by atoms with E-state index in [1.54, 1.807) is 4.90 Å². The number of hydrogen-bond donors (Lipinski definition) is 0. The summed E-state index contributed by atoms with van der Waals surface area (Å²) >= 11 is 0. The van der Waals surface area contributed by atoms with Crippen molar-refractivity contribution >= 4 is 11.9 Å². The molecule has 0 N–H and O–H groups in total. The van der Waals surface area contributed by atoms with E-state index in [1.807, 2.05) is 18.2 Å². The van der Waals surface area contributed by atoms with E-state index in [9.17, 15) is 14.0 Å². The molecule has 1 fully saturated rings. The minimum Gasteiger partial charge on any atom is -0.495 e. The molecule has 1 amide bonds. The van der Waals surface area contributed by atoms with Gasteiger partial charge in [0.25, 0.3) is 0 Å². The smallest absolute Gasteiger partial charge is 0.338 e. The Morgan fingerprint density at radius 1 is 1.21 bits per heavy atom. The Morgan fingerprint density at radius 2 is 2.00 bits per heavy atom. The molecule has 0 unspecified atom stereocenters. The first-order valence-electron chi connectivity index (χ1n) is 11.0. The lowest BCUT2D eigenvalue weighted by Crippen LogP contribution is -2.49. The Labute approximate surface area is 192 Å². The number of fused-ring (bicyclic) bond motifs is 1. The van der Waals surface area contributed by atoms with Gasteiger partial charge in [0, 0.05) is 44.7 Å². The highest BCUT2D eigenvalue weighted by molar-refractivity contribution is 5.92. The number of rotatable bonds is 6. The van der Waals surface area contributed by atoms with Crippen molar-refractivity contribution in [2.75, 3.05) is 46.4 Å². The van der Waals surface area contributed by atoms with Crippen LogP contribution >= 0.6 is 0 Å². The Bertz CT molecular complexity index is 1100. The Kier molecular flexibility index (Phi) is 6.90. The molecule has 2 aromatic carbocycles. The van der Waals surface area contributed by atoms with Gasteiger partial charge in [-0.1, -0.05) is 12.1 Å². The average Bonchev–Trinajstić information content (AvgIpc) is 2.84. The number of nitrogens with zero attached hydrogens (tertiary/aromatic N) is 3. The zero-order valence-corrected chi connectivity index (χ0v) is 18.6. The molecule has 33 heavy (non-hydrogen) atoms. The third kappa shape index (κ3) is 5.15. The van der Waals surface area contributed by atoms with Crippen LogP contribution in [0.15, 0.2) is 30.3 Å². The summed E-state index contributed by atoms with van der Waals surface area (Å²) in [6.07, 6.45) is 1.55. The molecule has 4 rings (SSSR count). The number of nitriles is 1. The second kappa shape index (κ2) is 10.0. The first kappa shape index (κ1) is 22.7. The van der Waals surface area contributed by atoms with Crippen LogP contribution in [0, 0.1) is 17.1 Å². The van der Waals surface area contributed by atoms with Gasteiger partial charge in [-0.05, 0) is 35.7 Å². The number of benzene rings is 2. The minimum absolute atomic E-state index is 0.0640. The van der Waals surface area contributed by atoms with Crippen molar-refractivity contribution in [3.8, 4) is 11.8 Å².